The van der Waals surface area contributed by atoms with Crippen LogP contribution in [0.4, 0.5) is 0 Å². The first kappa shape index (κ1) is 11.0. The van der Waals surface area contributed by atoms with E-state index in [-0.39, 0.29) is 10.6 Å². The Hall–Kier alpha value is -1.48. The van der Waals surface area contributed by atoms with Crippen molar-refractivity contribution in [1.29, 1.82) is 0 Å². The zero-order valence-corrected chi connectivity index (χ0v) is 10.1. The van der Waals surface area contributed by atoms with Crippen molar-refractivity contribution in [3.63, 3.8) is 0 Å². The first-order valence-electron chi connectivity index (χ1n) is 4.92. The van der Waals surface area contributed by atoms with Gasteiger partial charge in [-0.1, -0.05) is 52.3 Å². The summed E-state index contributed by atoms with van der Waals surface area (Å²) in [5.41, 5.74) is 1.57. The van der Waals surface area contributed by atoms with Gasteiger partial charge < -0.3 is 0 Å². The van der Waals surface area contributed by atoms with Gasteiger partial charge in [0.1, 0.15) is 4.83 Å². The number of benzene rings is 1. The van der Waals surface area contributed by atoms with E-state index in [1.165, 1.54) is 0 Å². The third kappa shape index (κ3) is 2.36. The molecular weight excluding hydrogens is 266 g/mol. The van der Waals surface area contributed by atoms with Crippen molar-refractivity contribution >= 4 is 21.7 Å². The molecule has 0 aliphatic heterocycles. The number of nitrogens with zero attached hydrogens (tertiary/aromatic N) is 1. The number of hydrogen-bond acceptors (Lipinski definition) is 2. The zero-order chi connectivity index (χ0) is 11.4. The van der Waals surface area contributed by atoms with Crippen LogP contribution in [0.1, 0.15) is 20.7 Å². The molecule has 2 rings (SSSR count). The zero-order valence-electron chi connectivity index (χ0n) is 8.51. The molecule has 0 bridgehead atoms. The normalized spacial score (nSPS) is 12.1. The van der Waals surface area contributed by atoms with Crippen molar-refractivity contribution in [3.8, 4) is 0 Å². The van der Waals surface area contributed by atoms with Gasteiger partial charge in [-0.3, -0.25) is 9.78 Å². The third-order valence-electron chi connectivity index (χ3n) is 2.27. The maximum absolute atomic E-state index is 12.1. The molecule has 1 heterocycles. The minimum absolute atomic E-state index is 0.0496. The highest BCUT2D eigenvalue weighted by molar-refractivity contribution is 9.09. The first-order valence-corrected chi connectivity index (χ1v) is 5.84. The van der Waals surface area contributed by atoms with Gasteiger partial charge in [-0.05, 0) is 11.6 Å². The Labute approximate surface area is 102 Å². The molecule has 0 spiro atoms. The number of pyridine rings is 1. The molecule has 0 saturated heterocycles. The van der Waals surface area contributed by atoms with Crippen LogP contribution in [0.5, 0.6) is 0 Å². The van der Waals surface area contributed by atoms with Gasteiger partial charge in [-0.2, -0.15) is 0 Å². The molecule has 0 radical (unpaired) electrons. The average Bonchev–Trinajstić information content (AvgIpc) is 2.39. The minimum Gasteiger partial charge on any atom is -0.293 e. The summed E-state index contributed by atoms with van der Waals surface area (Å²) < 4.78 is 0. The fourth-order valence-electron chi connectivity index (χ4n) is 1.43. The second kappa shape index (κ2) is 5.03. The molecule has 1 aromatic carbocycles. The number of rotatable bonds is 3. The summed E-state index contributed by atoms with van der Waals surface area (Å²) >= 11 is 3.40. The molecule has 0 aliphatic rings. The summed E-state index contributed by atoms with van der Waals surface area (Å²) in [6, 6.07) is 12.9. The first-order chi connectivity index (χ1) is 7.79. The van der Waals surface area contributed by atoms with Crippen LogP contribution in [0, 0.1) is 0 Å². The highest BCUT2D eigenvalue weighted by Gasteiger charge is 2.18. The maximum atomic E-state index is 12.1. The molecule has 3 heteroatoms. The van der Waals surface area contributed by atoms with E-state index in [0.29, 0.717) is 5.56 Å². The molecule has 0 amide bonds. The smallest absolute Gasteiger partial charge is 0.180 e. The average molecular weight is 276 g/mol. The number of halogens is 1. The SMILES string of the molecule is O=C(c1ccccc1)C(Br)c1cccnc1. The van der Waals surface area contributed by atoms with E-state index in [4.69, 9.17) is 0 Å². The maximum Gasteiger partial charge on any atom is 0.180 e. The lowest BCUT2D eigenvalue weighted by Crippen LogP contribution is -2.06. The Morgan fingerprint density at radius 3 is 2.50 bits per heavy atom. The Morgan fingerprint density at radius 2 is 1.88 bits per heavy atom. The fraction of sp³-hybridized carbons (Fsp3) is 0.0769. The van der Waals surface area contributed by atoms with E-state index in [0.717, 1.165) is 5.56 Å². The lowest BCUT2D eigenvalue weighted by molar-refractivity contribution is 0.0991. The van der Waals surface area contributed by atoms with Crippen molar-refractivity contribution in [1.82, 2.24) is 4.98 Å². The van der Waals surface area contributed by atoms with Crippen LogP contribution in [0.3, 0.4) is 0 Å². The standard InChI is InChI=1S/C13H10BrNO/c14-12(11-7-4-8-15-9-11)13(16)10-5-2-1-3-6-10/h1-9,12H. The van der Waals surface area contributed by atoms with Crippen molar-refractivity contribution in [2.75, 3.05) is 0 Å². The summed E-state index contributed by atoms with van der Waals surface area (Å²) in [5.74, 6) is 0.0496. The summed E-state index contributed by atoms with van der Waals surface area (Å²) in [7, 11) is 0. The van der Waals surface area contributed by atoms with Gasteiger partial charge in [0.05, 0.1) is 0 Å². The Morgan fingerprint density at radius 1 is 1.12 bits per heavy atom. The Balaban J connectivity index is 2.24. The molecule has 0 fully saturated rings. The van der Waals surface area contributed by atoms with Crippen LogP contribution in [0.25, 0.3) is 0 Å². The highest BCUT2D eigenvalue weighted by atomic mass is 79.9. The highest BCUT2D eigenvalue weighted by Crippen LogP contribution is 2.26. The van der Waals surface area contributed by atoms with E-state index in [9.17, 15) is 4.79 Å². The van der Waals surface area contributed by atoms with Gasteiger partial charge in [-0.15, -0.1) is 0 Å². The quantitative estimate of drug-likeness (QED) is 0.635. The van der Waals surface area contributed by atoms with Crippen molar-refractivity contribution in [2.24, 2.45) is 0 Å². The van der Waals surface area contributed by atoms with Gasteiger partial charge in [0, 0.05) is 18.0 Å². The molecule has 2 aromatic rings. The van der Waals surface area contributed by atoms with E-state index in [2.05, 4.69) is 20.9 Å². The van der Waals surface area contributed by atoms with Gasteiger partial charge in [0.15, 0.2) is 5.78 Å². The summed E-state index contributed by atoms with van der Waals surface area (Å²) in [6.45, 7) is 0. The second-order valence-corrected chi connectivity index (χ2v) is 4.29. The summed E-state index contributed by atoms with van der Waals surface area (Å²) in [5, 5.41) is 0. The molecule has 80 valence electrons. The van der Waals surface area contributed by atoms with Crippen LogP contribution >= 0.6 is 15.9 Å². The largest absolute Gasteiger partial charge is 0.293 e. The van der Waals surface area contributed by atoms with E-state index >= 15 is 0 Å². The van der Waals surface area contributed by atoms with Gasteiger partial charge >= 0.3 is 0 Å². The number of Topliss-reactive ketones (excluding diaryl/α,β-unsaturated/α-hetero) is 1. The van der Waals surface area contributed by atoms with E-state index < -0.39 is 0 Å². The molecule has 0 aliphatic carbocycles. The summed E-state index contributed by atoms with van der Waals surface area (Å²) in [4.78, 5) is 15.7. The lowest BCUT2D eigenvalue weighted by Gasteiger charge is -2.08. The van der Waals surface area contributed by atoms with Crippen LogP contribution in [-0.2, 0) is 0 Å². The lowest BCUT2D eigenvalue weighted by atomic mass is 10.0. The van der Waals surface area contributed by atoms with Crippen molar-refractivity contribution in [2.45, 2.75) is 4.83 Å². The Kier molecular flexibility index (Phi) is 3.47. The second-order valence-electron chi connectivity index (χ2n) is 3.38. The Bertz CT molecular complexity index is 470. The van der Waals surface area contributed by atoms with Crippen molar-refractivity contribution < 1.29 is 4.79 Å². The van der Waals surface area contributed by atoms with Gasteiger partial charge in [0.2, 0.25) is 0 Å². The van der Waals surface area contributed by atoms with Crippen LogP contribution in [-0.4, -0.2) is 10.8 Å². The molecule has 16 heavy (non-hydrogen) atoms. The number of hydrogen-bond donors (Lipinski definition) is 0. The van der Waals surface area contributed by atoms with Crippen LogP contribution in [0.15, 0.2) is 54.9 Å². The van der Waals surface area contributed by atoms with Crippen LogP contribution in [0.2, 0.25) is 0 Å². The predicted octanol–water partition coefficient (Wildman–Crippen LogP) is 3.40. The molecule has 1 atom stereocenters. The summed E-state index contributed by atoms with van der Waals surface area (Å²) in [6.07, 6.45) is 3.39. The van der Waals surface area contributed by atoms with Crippen molar-refractivity contribution in [3.05, 3.63) is 66.0 Å². The number of carbonyl (C=O) groups is 1. The molecule has 1 unspecified atom stereocenters. The number of aromatic nitrogens is 1. The molecule has 0 saturated carbocycles. The number of ketones is 1. The van der Waals surface area contributed by atoms with E-state index in [1.807, 2.05) is 42.5 Å². The van der Waals surface area contributed by atoms with Gasteiger partial charge in [-0.25, -0.2) is 0 Å². The molecule has 0 N–H and O–H groups in total. The topological polar surface area (TPSA) is 30.0 Å². The fourth-order valence-corrected chi connectivity index (χ4v) is 1.96. The number of alkyl halides is 1. The van der Waals surface area contributed by atoms with Gasteiger partial charge in [0.25, 0.3) is 0 Å². The van der Waals surface area contributed by atoms with E-state index in [1.54, 1.807) is 12.4 Å². The molecule has 2 nitrogen and oxygen atoms in total. The van der Waals surface area contributed by atoms with Crippen LogP contribution < -0.4 is 0 Å². The minimum atomic E-state index is -0.330. The third-order valence-corrected chi connectivity index (χ3v) is 3.21. The monoisotopic (exact) mass is 275 g/mol. The molecular formula is C13H10BrNO. The molecule has 1 aromatic heterocycles. The predicted molar refractivity (Wildman–Crippen MR) is 66.7 cm³/mol. The number of carbonyl (C=O) groups excluding carboxylic acids is 1.